The molecule has 0 aliphatic carbocycles. The maximum atomic E-state index is 13.8. The number of ether oxygens (including phenoxy) is 2. The van der Waals surface area contributed by atoms with Crippen molar-refractivity contribution in [1.29, 1.82) is 0 Å². The van der Waals surface area contributed by atoms with Crippen LogP contribution in [0, 0.1) is 5.82 Å². The van der Waals surface area contributed by atoms with Gasteiger partial charge in [-0.25, -0.2) is 4.39 Å². The van der Waals surface area contributed by atoms with Gasteiger partial charge in [0.15, 0.2) is 6.61 Å². The summed E-state index contributed by atoms with van der Waals surface area (Å²) in [7, 11) is 0. The van der Waals surface area contributed by atoms with E-state index in [0.29, 0.717) is 30.3 Å². The first-order chi connectivity index (χ1) is 14.6. The van der Waals surface area contributed by atoms with E-state index in [2.05, 4.69) is 5.32 Å². The highest BCUT2D eigenvalue weighted by Gasteiger charge is 2.26. The summed E-state index contributed by atoms with van der Waals surface area (Å²) in [6.45, 7) is 0.565. The van der Waals surface area contributed by atoms with Crippen LogP contribution in [0.1, 0.15) is 10.4 Å². The third-order valence-electron chi connectivity index (χ3n) is 4.61. The lowest BCUT2D eigenvalue weighted by Crippen LogP contribution is -2.41. The van der Waals surface area contributed by atoms with Gasteiger partial charge in [0.1, 0.15) is 23.9 Å². The molecule has 0 bridgehead atoms. The molecular formula is C23H19FN2O4. The summed E-state index contributed by atoms with van der Waals surface area (Å²) in [6.07, 6.45) is 0. The maximum Gasteiger partial charge on any atom is 0.265 e. The zero-order valence-corrected chi connectivity index (χ0v) is 16.0. The van der Waals surface area contributed by atoms with E-state index in [9.17, 15) is 14.0 Å². The van der Waals surface area contributed by atoms with E-state index in [1.165, 1.54) is 18.2 Å². The second kappa shape index (κ2) is 8.65. The van der Waals surface area contributed by atoms with Gasteiger partial charge in [0.2, 0.25) is 0 Å². The predicted molar refractivity (Wildman–Crippen MR) is 111 cm³/mol. The Bertz CT molecular complexity index is 1070. The molecule has 1 N–H and O–H groups in total. The molecule has 1 heterocycles. The van der Waals surface area contributed by atoms with Gasteiger partial charge in [-0.1, -0.05) is 30.3 Å². The molecule has 0 unspecified atom stereocenters. The number of carbonyl (C=O) groups is 2. The fourth-order valence-electron chi connectivity index (χ4n) is 3.14. The first-order valence-electron chi connectivity index (χ1n) is 9.43. The highest BCUT2D eigenvalue weighted by molar-refractivity contribution is 6.05. The second-order valence-corrected chi connectivity index (χ2v) is 6.61. The topological polar surface area (TPSA) is 67.9 Å². The van der Waals surface area contributed by atoms with Gasteiger partial charge < -0.3 is 19.7 Å². The number of hydrogen-bond donors (Lipinski definition) is 1. The molecule has 0 saturated heterocycles. The Morgan fingerprint density at radius 2 is 1.83 bits per heavy atom. The number of hydrogen-bond acceptors (Lipinski definition) is 4. The third-order valence-corrected chi connectivity index (χ3v) is 4.61. The first-order valence-corrected chi connectivity index (χ1v) is 9.43. The SMILES string of the molecule is O=C(Nc1ccc2c(c1)OCC(=O)N2CCOc1ccccc1)c1ccccc1F. The van der Waals surface area contributed by atoms with Crippen LogP contribution in [0.15, 0.2) is 72.8 Å². The molecule has 7 heteroatoms. The minimum Gasteiger partial charge on any atom is -0.492 e. The van der Waals surface area contributed by atoms with Gasteiger partial charge in [0.05, 0.1) is 17.8 Å². The molecule has 6 nitrogen and oxygen atoms in total. The number of halogens is 1. The molecule has 0 saturated carbocycles. The average Bonchev–Trinajstić information content (AvgIpc) is 2.76. The minimum absolute atomic E-state index is 0.0500. The van der Waals surface area contributed by atoms with Crippen molar-refractivity contribution in [2.24, 2.45) is 0 Å². The number of amides is 2. The smallest absolute Gasteiger partial charge is 0.265 e. The van der Waals surface area contributed by atoms with Gasteiger partial charge in [0, 0.05) is 11.8 Å². The van der Waals surface area contributed by atoms with Crippen molar-refractivity contribution < 1.29 is 23.5 Å². The van der Waals surface area contributed by atoms with Gasteiger partial charge in [0.25, 0.3) is 11.8 Å². The summed E-state index contributed by atoms with van der Waals surface area (Å²) in [5.41, 5.74) is 0.981. The molecule has 152 valence electrons. The summed E-state index contributed by atoms with van der Waals surface area (Å²) in [5, 5.41) is 2.65. The van der Waals surface area contributed by atoms with Crippen LogP contribution in [0.5, 0.6) is 11.5 Å². The number of anilines is 2. The monoisotopic (exact) mass is 406 g/mol. The molecule has 1 aliphatic rings. The van der Waals surface area contributed by atoms with Crippen molar-refractivity contribution in [2.45, 2.75) is 0 Å². The Kier molecular flexibility index (Phi) is 5.61. The van der Waals surface area contributed by atoms with E-state index < -0.39 is 11.7 Å². The lowest BCUT2D eigenvalue weighted by atomic mass is 10.1. The lowest BCUT2D eigenvalue weighted by molar-refractivity contribution is -0.121. The Morgan fingerprint density at radius 3 is 2.63 bits per heavy atom. The molecule has 3 aromatic rings. The number of nitrogens with zero attached hydrogens (tertiary/aromatic N) is 1. The summed E-state index contributed by atoms with van der Waals surface area (Å²) in [4.78, 5) is 26.2. The highest BCUT2D eigenvalue weighted by Crippen LogP contribution is 2.34. The molecule has 4 rings (SSSR count). The standard InChI is InChI=1S/C23H19FN2O4/c24-19-9-5-4-8-18(19)23(28)25-16-10-11-20-21(14-16)30-15-22(27)26(20)12-13-29-17-6-2-1-3-7-17/h1-11,14H,12-13,15H2,(H,25,28). The molecule has 0 spiro atoms. The average molecular weight is 406 g/mol. The molecule has 0 atom stereocenters. The van der Waals surface area contributed by atoms with Crippen LogP contribution >= 0.6 is 0 Å². The molecule has 0 radical (unpaired) electrons. The molecular weight excluding hydrogens is 387 g/mol. The van der Waals surface area contributed by atoms with Crippen molar-refractivity contribution in [3.05, 3.63) is 84.2 Å². The van der Waals surface area contributed by atoms with Crippen molar-refractivity contribution in [1.82, 2.24) is 0 Å². The summed E-state index contributed by atoms with van der Waals surface area (Å²) >= 11 is 0. The highest BCUT2D eigenvalue weighted by atomic mass is 19.1. The Morgan fingerprint density at radius 1 is 1.07 bits per heavy atom. The van der Waals surface area contributed by atoms with E-state index in [4.69, 9.17) is 9.47 Å². The number of rotatable bonds is 6. The van der Waals surface area contributed by atoms with Crippen LogP contribution in [-0.2, 0) is 4.79 Å². The normalized spacial score (nSPS) is 12.7. The van der Waals surface area contributed by atoms with E-state index >= 15 is 0 Å². The Labute approximate surface area is 172 Å². The fourth-order valence-corrected chi connectivity index (χ4v) is 3.14. The fraction of sp³-hybridized carbons (Fsp3) is 0.130. The summed E-state index contributed by atoms with van der Waals surface area (Å²) in [5.74, 6) is -0.153. The quantitative estimate of drug-likeness (QED) is 0.675. The number of nitrogens with one attached hydrogen (secondary N) is 1. The van der Waals surface area contributed by atoms with E-state index in [1.54, 1.807) is 29.2 Å². The number of para-hydroxylation sites is 1. The van der Waals surface area contributed by atoms with Crippen molar-refractivity contribution in [3.8, 4) is 11.5 Å². The van der Waals surface area contributed by atoms with Gasteiger partial charge in [-0.2, -0.15) is 0 Å². The van der Waals surface area contributed by atoms with Gasteiger partial charge in [-0.3, -0.25) is 9.59 Å². The molecule has 30 heavy (non-hydrogen) atoms. The molecule has 0 fully saturated rings. The van der Waals surface area contributed by atoms with Crippen LogP contribution in [-0.4, -0.2) is 31.6 Å². The third kappa shape index (κ3) is 4.25. The van der Waals surface area contributed by atoms with Gasteiger partial charge >= 0.3 is 0 Å². The second-order valence-electron chi connectivity index (χ2n) is 6.61. The summed E-state index contributed by atoms with van der Waals surface area (Å²) in [6, 6.07) is 20.0. The Balaban J connectivity index is 1.46. The zero-order chi connectivity index (χ0) is 20.9. The lowest BCUT2D eigenvalue weighted by Gasteiger charge is -2.29. The predicted octanol–water partition coefficient (Wildman–Crippen LogP) is 3.88. The van der Waals surface area contributed by atoms with Crippen LogP contribution < -0.4 is 19.7 Å². The van der Waals surface area contributed by atoms with Crippen molar-refractivity contribution in [3.63, 3.8) is 0 Å². The molecule has 1 aliphatic heterocycles. The molecule has 3 aromatic carbocycles. The van der Waals surface area contributed by atoms with E-state index in [0.717, 1.165) is 5.75 Å². The molecule has 2 amide bonds. The van der Waals surface area contributed by atoms with E-state index in [-0.39, 0.29) is 18.1 Å². The number of fused-ring (bicyclic) bond motifs is 1. The van der Waals surface area contributed by atoms with Crippen molar-refractivity contribution >= 4 is 23.2 Å². The van der Waals surface area contributed by atoms with Crippen LogP contribution in [0.4, 0.5) is 15.8 Å². The largest absolute Gasteiger partial charge is 0.492 e. The Hall–Kier alpha value is -3.87. The van der Waals surface area contributed by atoms with Crippen molar-refractivity contribution in [2.75, 3.05) is 30.0 Å². The summed E-state index contributed by atoms with van der Waals surface area (Å²) < 4.78 is 25.0. The zero-order valence-electron chi connectivity index (χ0n) is 16.0. The van der Waals surface area contributed by atoms with Crippen LogP contribution in [0.3, 0.4) is 0 Å². The minimum atomic E-state index is -0.598. The van der Waals surface area contributed by atoms with E-state index in [1.807, 2.05) is 30.3 Å². The number of benzene rings is 3. The number of carbonyl (C=O) groups excluding carboxylic acids is 2. The van der Waals surface area contributed by atoms with Gasteiger partial charge in [-0.05, 0) is 36.4 Å². The molecule has 0 aromatic heterocycles. The maximum absolute atomic E-state index is 13.8. The van der Waals surface area contributed by atoms with Gasteiger partial charge in [-0.15, -0.1) is 0 Å². The first kappa shape index (κ1) is 19.4. The van der Waals surface area contributed by atoms with Crippen LogP contribution in [0.2, 0.25) is 0 Å². The van der Waals surface area contributed by atoms with Crippen LogP contribution in [0.25, 0.3) is 0 Å².